The Kier molecular flexibility index (Phi) is 3.43. The molecule has 0 radical (unpaired) electrons. The summed E-state index contributed by atoms with van der Waals surface area (Å²) in [5.74, 6) is 0. The summed E-state index contributed by atoms with van der Waals surface area (Å²) in [6, 6.07) is 12.2. The molecule has 0 fully saturated rings. The Labute approximate surface area is 126 Å². The molecule has 0 bridgehead atoms. The number of sulfonamides is 1. The number of rotatable bonds is 3. The lowest BCUT2D eigenvalue weighted by Crippen LogP contribution is -2.13. The standard InChI is InChI=1S/C14H13BrN2O2S/c15-11-2-1-3-13(9-11)20(18,19)17-12-4-5-14-10(8-12)6-7-16-14/h1-5,8-9,16-17H,6-7H2. The van der Waals surface area contributed by atoms with Crippen molar-refractivity contribution in [2.24, 2.45) is 0 Å². The molecule has 104 valence electrons. The zero-order valence-electron chi connectivity index (χ0n) is 10.6. The van der Waals surface area contributed by atoms with Gasteiger partial charge in [0.05, 0.1) is 4.90 Å². The molecule has 1 aliphatic rings. The average molecular weight is 353 g/mol. The summed E-state index contributed by atoms with van der Waals surface area (Å²) >= 11 is 3.28. The van der Waals surface area contributed by atoms with Crippen LogP contribution in [0.5, 0.6) is 0 Å². The molecule has 0 saturated heterocycles. The van der Waals surface area contributed by atoms with Crippen molar-refractivity contribution in [1.82, 2.24) is 0 Å². The van der Waals surface area contributed by atoms with Gasteiger partial charge < -0.3 is 5.32 Å². The molecule has 0 unspecified atom stereocenters. The fraction of sp³-hybridized carbons (Fsp3) is 0.143. The van der Waals surface area contributed by atoms with E-state index < -0.39 is 10.0 Å². The van der Waals surface area contributed by atoms with E-state index in [1.165, 1.54) is 0 Å². The summed E-state index contributed by atoms with van der Waals surface area (Å²) in [4.78, 5) is 0.241. The lowest BCUT2D eigenvalue weighted by atomic mass is 10.1. The van der Waals surface area contributed by atoms with Crippen LogP contribution in [0.15, 0.2) is 51.8 Å². The first kappa shape index (κ1) is 13.5. The summed E-state index contributed by atoms with van der Waals surface area (Å²) < 4.78 is 28.0. The highest BCUT2D eigenvalue weighted by Gasteiger charge is 2.16. The second-order valence-electron chi connectivity index (χ2n) is 4.61. The van der Waals surface area contributed by atoms with Crippen molar-refractivity contribution in [3.05, 3.63) is 52.5 Å². The first-order chi connectivity index (χ1) is 9.54. The zero-order valence-corrected chi connectivity index (χ0v) is 13.0. The van der Waals surface area contributed by atoms with Gasteiger partial charge in [-0.25, -0.2) is 8.42 Å². The topological polar surface area (TPSA) is 58.2 Å². The van der Waals surface area contributed by atoms with Crippen molar-refractivity contribution in [1.29, 1.82) is 0 Å². The van der Waals surface area contributed by atoms with E-state index in [4.69, 9.17) is 0 Å². The minimum atomic E-state index is -3.55. The smallest absolute Gasteiger partial charge is 0.261 e. The molecular weight excluding hydrogens is 340 g/mol. The van der Waals surface area contributed by atoms with Gasteiger partial charge in [0.25, 0.3) is 10.0 Å². The minimum Gasteiger partial charge on any atom is -0.384 e. The molecule has 0 spiro atoms. The van der Waals surface area contributed by atoms with Crippen LogP contribution in [0.25, 0.3) is 0 Å². The Morgan fingerprint density at radius 1 is 1.15 bits per heavy atom. The number of hydrogen-bond acceptors (Lipinski definition) is 3. The van der Waals surface area contributed by atoms with Crippen molar-refractivity contribution in [2.45, 2.75) is 11.3 Å². The molecule has 3 rings (SSSR count). The summed E-state index contributed by atoms with van der Waals surface area (Å²) in [5, 5.41) is 3.25. The van der Waals surface area contributed by atoms with Crippen LogP contribution >= 0.6 is 15.9 Å². The van der Waals surface area contributed by atoms with E-state index >= 15 is 0 Å². The predicted octanol–water partition coefficient (Wildman–Crippen LogP) is 3.22. The molecule has 20 heavy (non-hydrogen) atoms. The van der Waals surface area contributed by atoms with E-state index in [1.54, 1.807) is 30.3 Å². The van der Waals surface area contributed by atoms with Gasteiger partial charge in [0, 0.05) is 22.4 Å². The van der Waals surface area contributed by atoms with E-state index in [0.29, 0.717) is 5.69 Å². The zero-order chi connectivity index (χ0) is 14.2. The predicted molar refractivity (Wildman–Crippen MR) is 83.6 cm³/mol. The van der Waals surface area contributed by atoms with Crippen molar-refractivity contribution in [3.8, 4) is 0 Å². The molecule has 6 heteroatoms. The van der Waals surface area contributed by atoms with Crippen LogP contribution in [-0.2, 0) is 16.4 Å². The van der Waals surface area contributed by atoms with Gasteiger partial charge in [0.2, 0.25) is 0 Å². The number of halogens is 1. The van der Waals surface area contributed by atoms with Crippen LogP contribution in [0.2, 0.25) is 0 Å². The Hall–Kier alpha value is -1.53. The van der Waals surface area contributed by atoms with Gasteiger partial charge >= 0.3 is 0 Å². The maximum absolute atomic E-state index is 12.3. The Bertz CT molecular complexity index is 760. The van der Waals surface area contributed by atoms with Crippen molar-refractivity contribution in [3.63, 3.8) is 0 Å². The van der Waals surface area contributed by atoms with Gasteiger partial charge in [-0.3, -0.25) is 4.72 Å². The maximum atomic E-state index is 12.3. The molecular formula is C14H13BrN2O2S. The van der Waals surface area contributed by atoms with Crippen LogP contribution < -0.4 is 10.0 Å². The average Bonchev–Trinajstić information content (AvgIpc) is 2.85. The monoisotopic (exact) mass is 352 g/mol. The molecule has 2 N–H and O–H groups in total. The Morgan fingerprint density at radius 2 is 2.00 bits per heavy atom. The van der Waals surface area contributed by atoms with E-state index in [1.807, 2.05) is 12.1 Å². The second-order valence-corrected chi connectivity index (χ2v) is 7.21. The highest BCUT2D eigenvalue weighted by molar-refractivity contribution is 9.10. The molecule has 0 atom stereocenters. The Balaban J connectivity index is 1.90. The van der Waals surface area contributed by atoms with Gasteiger partial charge in [-0.15, -0.1) is 0 Å². The largest absolute Gasteiger partial charge is 0.384 e. The molecule has 2 aromatic carbocycles. The van der Waals surface area contributed by atoms with E-state index in [0.717, 1.165) is 28.7 Å². The van der Waals surface area contributed by atoms with E-state index in [-0.39, 0.29) is 4.90 Å². The summed E-state index contributed by atoms with van der Waals surface area (Å²) in [6.45, 7) is 0.900. The highest BCUT2D eigenvalue weighted by Crippen LogP contribution is 2.27. The number of benzene rings is 2. The molecule has 1 heterocycles. The van der Waals surface area contributed by atoms with Gasteiger partial charge in [-0.05, 0) is 48.4 Å². The van der Waals surface area contributed by atoms with Crippen LogP contribution in [0, 0.1) is 0 Å². The van der Waals surface area contributed by atoms with Crippen LogP contribution in [-0.4, -0.2) is 15.0 Å². The van der Waals surface area contributed by atoms with E-state index in [2.05, 4.69) is 26.0 Å². The van der Waals surface area contributed by atoms with Gasteiger partial charge in [-0.1, -0.05) is 22.0 Å². The molecule has 0 saturated carbocycles. The second kappa shape index (κ2) is 5.10. The maximum Gasteiger partial charge on any atom is 0.261 e. The summed E-state index contributed by atoms with van der Waals surface area (Å²) in [5.41, 5.74) is 2.81. The number of anilines is 2. The van der Waals surface area contributed by atoms with Crippen molar-refractivity contribution >= 4 is 37.3 Å². The number of hydrogen-bond donors (Lipinski definition) is 2. The number of nitrogens with one attached hydrogen (secondary N) is 2. The SMILES string of the molecule is O=S(=O)(Nc1ccc2c(c1)CCN2)c1cccc(Br)c1. The lowest BCUT2D eigenvalue weighted by molar-refractivity contribution is 0.601. The third kappa shape index (κ3) is 2.66. The first-order valence-electron chi connectivity index (χ1n) is 6.20. The molecule has 0 amide bonds. The fourth-order valence-corrected chi connectivity index (χ4v) is 3.86. The van der Waals surface area contributed by atoms with Crippen LogP contribution in [0.3, 0.4) is 0 Å². The van der Waals surface area contributed by atoms with Crippen LogP contribution in [0.1, 0.15) is 5.56 Å². The lowest BCUT2D eigenvalue weighted by Gasteiger charge is -2.09. The third-order valence-corrected chi connectivity index (χ3v) is 5.05. The number of fused-ring (bicyclic) bond motifs is 1. The molecule has 0 aliphatic carbocycles. The van der Waals surface area contributed by atoms with E-state index in [9.17, 15) is 8.42 Å². The summed E-state index contributed by atoms with van der Waals surface area (Å²) in [7, 11) is -3.55. The Morgan fingerprint density at radius 3 is 2.80 bits per heavy atom. The third-order valence-electron chi connectivity index (χ3n) is 3.17. The summed E-state index contributed by atoms with van der Waals surface area (Å²) in [6.07, 6.45) is 0.918. The molecule has 0 aromatic heterocycles. The minimum absolute atomic E-state index is 0.241. The van der Waals surface area contributed by atoms with Gasteiger partial charge in [0.15, 0.2) is 0 Å². The molecule has 1 aliphatic heterocycles. The van der Waals surface area contributed by atoms with Crippen molar-refractivity contribution in [2.75, 3.05) is 16.6 Å². The fourth-order valence-electron chi connectivity index (χ4n) is 2.22. The van der Waals surface area contributed by atoms with Crippen LogP contribution in [0.4, 0.5) is 11.4 Å². The highest BCUT2D eigenvalue weighted by atomic mass is 79.9. The van der Waals surface area contributed by atoms with Crippen molar-refractivity contribution < 1.29 is 8.42 Å². The molecule has 4 nitrogen and oxygen atoms in total. The van der Waals surface area contributed by atoms with Gasteiger partial charge in [-0.2, -0.15) is 0 Å². The van der Waals surface area contributed by atoms with Gasteiger partial charge in [0.1, 0.15) is 0 Å². The molecule has 2 aromatic rings. The first-order valence-corrected chi connectivity index (χ1v) is 8.47. The quantitative estimate of drug-likeness (QED) is 0.891. The normalized spacial score (nSPS) is 13.7.